The number of pyridine rings is 1. The number of carbonyl (C=O) groups is 3. The van der Waals surface area contributed by atoms with E-state index in [0.717, 1.165) is 4.90 Å². The Kier molecular flexibility index (Phi) is 4.44. The number of aliphatic hydroxyl groups is 1. The summed E-state index contributed by atoms with van der Waals surface area (Å²) >= 11 is 0. The Hall–Kier alpha value is -3.26. The molecule has 0 bridgehead atoms. The molecule has 0 saturated carbocycles. The summed E-state index contributed by atoms with van der Waals surface area (Å²) in [6.07, 6.45) is -0.489. The fraction of sp³-hybridized carbons (Fsp3) is 0.176. The molecule has 2 aromatic rings. The quantitative estimate of drug-likeness (QED) is 0.789. The number of benzene rings is 1. The van der Waals surface area contributed by atoms with Crippen molar-refractivity contribution < 1.29 is 24.2 Å². The van der Waals surface area contributed by atoms with Crippen molar-refractivity contribution in [2.24, 2.45) is 5.73 Å². The molecular weight excluding hydrogens is 326 g/mol. The molecule has 0 aliphatic carbocycles. The normalized spacial score (nSPS) is 14.4. The summed E-state index contributed by atoms with van der Waals surface area (Å²) in [6.45, 7) is 0.0574. The highest BCUT2D eigenvalue weighted by Gasteiger charge is 2.35. The highest BCUT2D eigenvalue weighted by Crippen LogP contribution is 2.25. The lowest BCUT2D eigenvalue weighted by molar-refractivity contribution is 0.0621. The van der Waals surface area contributed by atoms with Crippen LogP contribution in [0, 0.1) is 0 Å². The third kappa shape index (κ3) is 3.33. The summed E-state index contributed by atoms with van der Waals surface area (Å²) in [5.74, 6) is -0.787. The zero-order valence-corrected chi connectivity index (χ0v) is 13.1. The molecule has 3 rings (SSSR count). The van der Waals surface area contributed by atoms with E-state index in [1.54, 1.807) is 30.3 Å². The summed E-state index contributed by atoms with van der Waals surface area (Å²) in [4.78, 5) is 40.2. The van der Waals surface area contributed by atoms with Gasteiger partial charge in [0.05, 0.1) is 17.2 Å². The minimum Gasteiger partial charge on any atom is -0.391 e. The maximum absolute atomic E-state index is 12.3. The molecule has 128 valence electrons. The van der Waals surface area contributed by atoms with Gasteiger partial charge in [0.25, 0.3) is 11.8 Å². The molecule has 0 saturated heterocycles. The summed E-state index contributed by atoms with van der Waals surface area (Å²) in [6, 6.07) is 9.50. The molecule has 3 N–H and O–H groups in total. The van der Waals surface area contributed by atoms with Gasteiger partial charge in [0, 0.05) is 18.8 Å². The third-order valence-corrected chi connectivity index (χ3v) is 3.85. The highest BCUT2D eigenvalue weighted by atomic mass is 16.6. The second kappa shape index (κ2) is 6.70. The molecule has 1 aliphatic rings. The van der Waals surface area contributed by atoms with Crippen molar-refractivity contribution in [3.63, 3.8) is 0 Å². The van der Waals surface area contributed by atoms with Crippen LogP contribution in [0.25, 0.3) is 0 Å². The summed E-state index contributed by atoms with van der Waals surface area (Å²) in [7, 11) is 0. The molecule has 1 unspecified atom stereocenters. The number of aliphatic hydroxyl groups excluding tert-OH is 1. The number of nitrogens with two attached hydrogens (primary N) is 1. The van der Waals surface area contributed by atoms with Crippen LogP contribution in [0.15, 0.2) is 42.6 Å². The molecule has 0 radical (unpaired) electrons. The molecule has 0 spiro atoms. The Labute approximate surface area is 142 Å². The van der Waals surface area contributed by atoms with Gasteiger partial charge in [-0.25, -0.2) is 9.78 Å². The lowest BCUT2D eigenvalue weighted by atomic mass is 10.1. The molecule has 1 aromatic carbocycles. The molecule has 1 atom stereocenters. The van der Waals surface area contributed by atoms with Crippen molar-refractivity contribution in [1.29, 1.82) is 0 Å². The second-order valence-electron chi connectivity index (χ2n) is 5.46. The number of hydrogen-bond donors (Lipinski definition) is 2. The number of amides is 3. The van der Waals surface area contributed by atoms with E-state index in [0.29, 0.717) is 16.7 Å². The Morgan fingerprint density at radius 1 is 1.20 bits per heavy atom. The van der Waals surface area contributed by atoms with Crippen molar-refractivity contribution in [3.8, 4) is 5.88 Å². The van der Waals surface area contributed by atoms with Crippen molar-refractivity contribution >= 4 is 17.9 Å². The third-order valence-electron chi connectivity index (χ3n) is 3.85. The number of fused-ring (bicyclic) bond motifs is 1. The van der Waals surface area contributed by atoms with E-state index in [9.17, 15) is 19.5 Å². The molecule has 25 heavy (non-hydrogen) atoms. The minimum atomic E-state index is -1.01. The molecule has 3 amide bonds. The smallest absolute Gasteiger partial charge is 0.391 e. The molecule has 1 aromatic heterocycles. The Bertz CT molecular complexity index is 817. The van der Waals surface area contributed by atoms with Gasteiger partial charge in [0.2, 0.25) is 5.88 Å². The number of aromatic nitrogens is 1. The van der Waals surface area contributed by atoms with Crippen molar-refractivity contribution in [2.75, 3.05) is 6.54 Å². The van der Waals surface area contributed by atoms with Crippen LogP contribution in [0.1, 0.15) is 38.8 Å². The van der Waals surface area contributed by atoms with Gasteiger partial charge in [-0.05, 0) is 30.2 Å². The first kappa shape index (κ1) is 16.6. The lowest BCUT2D eigenvalue weighted by Crippen LogP contribution is -2.31. The molecular formula is C17H15N3O5. The van der Waals surface area contributed by atoms with Crippen molar-refractivity contribution in [3.05, 3.63) is 59.3 Å². The van der Waals surface area contributed by atoms with Gasteiger partial charge in [0.1, 0.15) is 0 Å². The zero-order chi connectivity index (χ0) is 18.0. The van der Waals surface area contributed by atoms with Gasteiger partial charge in [-0.1, -0.05) is 12.1 Å². The van der Waals surface area contributed by atoms with Crippen LogP contribution in [-0.2, 0) is 0 Å². The first-order valence-electron chi connectivity index (χ1n) is 7.54. The predicted octanol–water partition coefficient (Wildman–Crippen LogP) is 1.26. The monoisotopic (exact) mass is 341 g/mol. The van der Waals surface area contributed by atoms with E-state index in [4.69, 9.17) is 5.73 Å². The van der Waals surface area contributed by atoms with Crippen molar-refractivity contribution in [1.82, 2.24) is 9.88 Å². The van der Waals surface area contributed by atoms with Gasteiger partial charge in [0.15, 0.2) is 0 Å². The summed E-state index contributed by atoms with van der Waals surface area (Å²) in [5, 5.41) is 10.3. The number of nitrogens with zero attached hydrogens (tertiary/aromatic N) is 2. The Balaban J connectivity index is 1.67. The van der Waals surface area contributed by atoms with Crippen LogP contribution in [0.2, 0.25) is 0 Å². The number of ether oxygens (including phenoxy) is 1. The topological polar surface area (TPSA) is 123 Å². The van der Waals surface area contributed by atoms with Crippen LogP contribution >= 0.6 is 0 Å². The first-order chi connectivity index (χ1) is 12.0. The van der Waals surface area contributed by atoms with Crippen LogP contribution < -0.4 is 10.5 Å². The van der Waals surface area contributed by atoms with E-state index in [1.807, 2.05) is 0 Å². The van der Waals surface area contributed by atoms with Crippen molar-refractivity contribution in [2.45, 2.75) is 12.5 Å². The Morgan fingerprint density at radius 3 is 2.44 bits per heavy atom. The van der Waals surface area contributed by atoms with Gasteiger partial charge in [-0.15, -0.1) is 0 Å². The van der Waals surface area contributed by atoms with E-state index in [2.05, 4.69) is 9.72 Å². The van der Waals surface area contributed by atoms with Gasteiger partial charge < -0.3 is 15.6 Å². The second-order valence-corrected chi connectivity index (χ2v) is 5.46. The number of imide groups is 1. The van der Waals surface area contributed by atoms with Gasteiger partial charge in [-0.3, -0.25) is 14.5 Å². The zero-order valence-electron chi connectivity index (χ0n) is 13.1. The maximum Gasteiger partial charge on any atom is 0.411 e. The predicted molar refractivity (Wildman–Crippen MR) is 85.8 cm³/mol. The van der Waals surface area contributed by atoms with E-state index >= 15 is 0 Å². The molecule has 1 aliphatic heterocycles. The van der Waals surface area contributed by atoms with Crippen LogP contribution in [0.5, 0.6) is 5.88 Å². The average Bonchev–Trinajstić information content (AvgIpc) is 2.84. The number of hydrogen-bond acceptors (Lipinski definition) is 6. The highest BCUT2D eigenvalue weighted by molar-refractivity contribution is 6.21. The molecule has 8 heteroatoms. The summed E-state index contributed by atoms with van der Waals surface area (Å²) < 4.78 is 4.66. The number of carbonyl (C=O) groups excluding carboxylic acids is 3. The number of primary amides is 1. The van der Waals surface area contributed by atoms with Crippen LogP contribution in [0.3, 0.4) is 0 Å². The van der Waals surface area contributed by atoms with Crippen LogP contribution in [-0.4, -0.2) is 39.4 Å². The van der Waals surface area contributed by atoms with E-state index < -0.39 is 12.2 Å². The number of rotatable bonds is 5. The fourth-order valence-corrected chi connectivity index (χ4v) is 2.65. The minimum absolute atomic E-state index is 0.0372. The largest absolute Gasteiger partial charge is 0.411 e. The maximum atomic E-state index is 12.3. The van der Waals surface area contributed by atoms with Crippen LogP contribution in [0.4, 0.5) is 4.79 Å². The molecule has 2 heterocycles. The average molecular weight is 341 g/mol. The SMILES string of the molecule is NC(=O)Oc1cc(C(O)CCN2C(=O)c3ccccc3C2=O)ccn1. The van der Waals surface area contributed by atoms with Gasteiger partial charge in [-0.2, -0.15) is 0 Å². The Morgan fingerprint density at radius 2 is 1.84 bits per heavy atom. The lowest BCUT2D eigenvalue weighted by Gasteiger charge is -2.17. The summed E-state index contributed by atoms with van der Waals surface area (Å²) in [5.41, 5.74) is 6.08. The van der Waals surface area contributed by atoms with E-state index in [1.165, 1.54) is 12.3 Å². The first-order valence-corrected chi connectivity index (χ1v) is 7.54. The molecule has 0 fully saturated rings. The standard InChI is InChI=1S/C17H15N3O5/c18-17(24)25-14-9-10(5-7-19-14)13(21)6-8-20-15(22)11-3-1-2-4-12(11)16(20)23/h1-5,7,9,13,21H,6,8H2,(H2,18,24). The fourth-order valence-electron chi connectivity index (χ4n) is 2.65. The van der Waals surface area contributed by atoms with Gasteiger partial charge >= 0.3 is 6.09 Å². The molecule has 8 nitrogen and oxygen atoms in total. The van der Waals surface area contributed by atoms with E-state index in [-0.39, 0.29) is 30.7 Å².